The van der Waals surface area contributed by atoms with Crippen molar-refractivity contribution in [2.75, 3.05) is 0 Å². The van der Waals surface area contributed by atoms with Crippen LogP contribution in [0.1, 0.15) is 37.6 Å². The quantitative estimate of drug-likeness (QED) is 0.625. The van der Waals surface area contributed by atoms with Crippen molar-refractivity contribution in [2.45, 2.75) is 32.5 Å². The molecule has 2 heterocycles. The highest BCUT2D eigenvalue weighted by Gasteiger charge is 2.45. The molecule has 0 aliphatic carbocycles. The lowest BCUT2D eigenvalue weighted by Crippen LogP contribution is -2.42. The van der Waals surface area contributed by atoms with Crippen molar-refractivity contribution in [3.8, 4) is 11.1 Å². The first-order valence-corrected chi connectivity index (χ1v) is 8.76. The molecule has 152 valence electrons. The zero-order chi connectivity index (χ0) is 21.4. The number of nitrogens with zero attached hydrogens (tertiary/aromatic N) is 3. The van der Waals surface area contributed by atoms with E-state index in [0.29, 0.717) is 16.7 Å². The van der Waals surface area contributed by atoms with Crippen molar-refractivity contribution in [2.24, 2.45) is 5.41 Å². The second-order valence-corrected chi connectivity index (χ2v) is 7.71. The molecule has 1 atom stereocenters. The van der Waals surface area contributed by atoms with Gasteiger partial charge < -0.3 is 5.11 Å². The van der Waals surface area contributed by atoms with Gasteiger partial charge in [0, 0.05) is 35.3 Å². The Bertz CT molecular complexity index is 999. The van der Waals surface area contributed by atoms with Crippen LogP contribution in [-0.2, 0) is 11.8 Å². The summed E-state index contributed by atoms with van der Waals surface area (Å²) in [5.41, 5.74) is -2.55. The number of pyridine rings is 1. The number of hydrogen-bond donors (Lipinski definition) is 1. The summed E-state index contributed by atoms with van der Waals surface area (Å²) in [6.07, 6.45) is 0.646. The highest BCUT2D eigenvalue weighted by atomic mass is 19.4. The third-order valence-corrected chi connectivity index (χ3v) is 4.81. The van der Waals surface area contributed by atoms with Crippen LogP contribution in [0.2, 0.25) is 0 Å². The lowest BCUT2D eigenvalue weighted by molar-refractivity contribution is -0.141. The molecular weight excluding hydrogens is 386 g/mol. The van der Waals surface area contributed by atoms with Gasteiger partial charge in [0.15, 0.2) is 0 Å². The van der Waals surface area contributed by atoms with E-state index in [0.717, 1.165) is 12.3 Å². The molecule has 3 rings (SSSR count). The van der Waals surface area contributed by atoms with Crippen LogP contribution >= 0.6 is 0 Å². The summed E-state index contributed by atoms with van der Waals surface area (Å²) in [7, 11) is 0. The molecule has 0 spiro atoms. The summed E-state index contributed by atoms with van der Waals surface area (Å²) < 4.78 is 53.2. The van der Waals surface area contributed by atoms with Gasteiger partial charge in [0.2, 0.25) is 0 Å². The van der Waals surface area contributed by atoms with Gasteiger partial charge in [-0.15, -0.1) is 0 Å². The van der Waals surface area contributed by atoms with Crippen molar-refractivity contribution < 1.29 is 22.7 Å². The van der Waals surface area contributed by atoms with E-state index in [4.69, 9.17) is 0 Å². The molecule has 0 saturated carbocycles. The predicted octanol–water partition coefficient (Wildman–Crippen LogP) is 4.98. The third kappa shape index (κ3) is 3.85. The van der Waals surface area contributed by atoms with Gasteiger partial charge in [-0.3, -0.25) is 4.98 Å². The lowest BCUT2D eigenvalue weighted by Gasteiger charge is -2.41. The molecule has 1 N–H and O–H groups in total. The van der Waals surface area contributed by atoms with Gasteiger partial charge >= 0.3 is 6.18 Å². The Morgan fingerprint density at radius 2 is 1.48 bits per heavy atom. The van der Waals surface area contributed by atoms with Crippen LogP contribution in [0, 0.1) is 11.2 Å². The maximum absolute atomic E-state index is 15.1. The highest BCUT2D eigenvalue weighted by molar-refractivity contribution is 5.63. The van der Waals surface area contributed by atoms with E-state index in [1.807, 2.05) is 0 Å². The average Bonchev–Trinajstić information content (AvgIpc) is 2.66. The molecule has 1 aromatic carbocycles. The Balaban J connectivity index is 2.06. The Morgan fingerprint density at radius 3 is 1.97 bits per heavy atom. The topological polar surface area (TPSA) is 58.9 Å². The molecule has 0 bridgehead atoms. The van der Waals surface area contributed by atoms with E-state index >= 15 is 4.39 Å². The minimum Gasteiger partial charge on any atom is -0.380 e. The molecule has 3 aromatic rings. The zero-order valence-corrected chi connectivity index (χ0v) is 16.0. The van der Waals surface area contributed by atoms with Gasteiger partial charge in [-0.25, -0.2) is 14.4 Å². The summed E-state index contributed by atoms with van der Waals surface area (Å²) in [6.45, 7) is 5.27. The third-order valence-electron chi connectivity index (χ3n) is 4.81. The van der Waals surface area contributed by atoms with Crippen LogP contribution < -0.4 is 0 Å². The van der Waals surface area contributed by atoms with Crippen LogP contribution in [0.3, 0.4) is 0 Å². The number of alkyl halides is 3. The van der Waals surface area contributed by atoms with Crippen LogP contribution in [0.4, 0.5) is 17.6 Å². The standard InChI is InChI=1S/C21H19F4N3O/c1-19(2,3)20(29,15-10-26-12-27-11-15)16-6-4-13(8-17(16)22)14-5-7-18(28-9-14)21(23,24)25/h4-12,29H,1-3H3. The summed E-state index contributed by atoms with van der Waals surface area (Å²) in [5.74, 6) is -0.705. The van der Waals surface area contributed by atoms with Gasteiger partial charge in [0.25, 0.3) is 0 Å². The van der Waals surface area contributed by atoms with Crippen molar-refractivity contribution >= 4 is 0 Å². The number of aromatic nitrogens is 3. The van der Waals surface area contributed by atoms with E-state index in [1.54, 1.807) is 20.8 Å². The number of hydrogen-bond acceptors (Lipinski definition) is 4. The maximum Gasteiger partial charge on any atom is 0.433 e. The lowest BCUT2D eigenvalue weighted by atomic mass is 9.68. The van der Waals surface area contributed by atoms with Gasteiger partial charge in [0.05, 0.1) is 0 Å². The van der Waals surface area contributed by atoms with E-state index in [2.05, 4.69) is 15.0 Å². The summed E-state index contributed by atoms with van der Waals surface area (Å²) in [4.78, 5) is 11.2. The van der Waals surface area contributed by atoms with Gasteiger partial charge in [0.1, 0.15) is 23.4 Å². The fourth-order valence-electron chi connectivity index (χ4n) is 3.20. The first-order valence-electron chi connectivity index (χ1n) is 8.76. The van der Waals surface area contributed by atoms with Crippen molar-refractivity contribution in [3.63, 3.8) is 0 Å². The van der Waals surface area contributed by atoms with E-state index in [9.17, 15) is 18.3 Å². The molecule has 4 nitrogen and oxygen atoms in total. The first kappa shape index (κ1) is 20.9. The summed E-state index contributed by atoms with van der Waals surface area (Å²) >= 11 is 0. The average molecular weight is 405 g/mol. The van der Waals surface area contributed by atoms with Crippen molar-refractivity contribution in [1.29, 1.82) is 0 Å². The molecule has 1 unspecified atom stereocenters. The Labute approximate surface area is 165 Å². The van der Waals surface area contributed by atoms with E-state index < -0.39 is 28.7 Å². The van der Waals surface area contributed by atoms with E-state index in [1.165, 1.54) is 43.0 Å². The fourth-order valence-corrected chi connectivity index (χ4v) is 3.20. The summed E-state index contributed by atoms with van der Waals surface area (Å²) in [5, 5.41) is 11.5. The van der Waals surface area contributed by atoms with Crippen molar-refractivity contribution in [3.05, 3.63) is 77.9 Å². The van der Waals surface area contributed by atoms with Gasteiger partial charge in [-0.05, 0) is 23.1 Å². The predicted molar refractivity (Wildman–Crippen MR) is 99.1 cm³/mol. The normalized spacial score (nSPS) is 14.5. The van der Waals surface area contributed by atoms with Gasteiger partial charge in [-0.1, -0.05) is 39.0 Å². The molecular formula is C21H19F4N3O. The fraction of sp³-hybridized carbons (Fsp3) is 0.286. The minimum absolute atomic E-state index is 0.0171. The van der Waals surface area contributed by atoms with E-state index in [-0.39, 0.29) is 5.56 Å². The molecule has 2 aromatic heterocycles. The van der Waals surface area contributed by atoms with Crippen LogP contribution in [-0.4, -0.2) is 20.1 Å². The molecule has 0 saturated heterocycles. The number of benzene rings is 1. The monoisotopic (exact) mass is 405 g/mol. The highest BCUT2D eigenvalue weighted by Crippen LogP contribution is 2.45. The van der Waals surface area contributed by atoms with Crippen LogP contribution in [0.25, 0.3) is 11.1 Å². The number of halogens is 4. The molecule has 0 radical (unpaired) electrons. The molecule has 0 fully saturated rings. The SMILES string of the molecule is CC(C)(C)C(O)(c1cncnc1)c1ccc(-c2ccc(C(F)(F)F)nc2)cc1F. The van der Waals surface area contributed by atoms with Crippen LogP contribution in [0.15, 0.2) is 55.2 Å². The largest absolute Gasteiger partial charge is 0.433 e. The molecule has 29 heavy (non-hydrogen) atoms. The molecule has 0 aliphatic rings. The van der Waals surface area contributed by atoms with Gasteiger partial charge in [-0.2, -0.15) is 13.2 Å². The molecule has 0 aliphatic heterocycles. The first-order chi connectivity index (χ1) is 13.4. The smallest absolute Gasteiger partial charge is 0.380 e. The Hall–Kier alpha value is -2.87. The molecule has 8 heteroatoms. The number of aliphatic hydroxyl groups is 1. The second-order valence-electron chi connectivity index (χ2n) is 7.71. The van der Waals surface area contributed by atoms with Crippen molar-refractivity contribution in [1.82, 2.24) is 15.0 Å². The zero-order valence-electron chi connectivity index (χ0n) is 16.0. The second kappa shape index (κ2) is 7.18. The Morgan fingerprint density at radius 1 is 0.862 bits per heavy atom. The number of rotatable bonds is 3. The molecule has 0 amide bonds. The summed E-state index contributed by atoms with van der Waals surface area (Å²) in [6, 6.07) is 6.18. The van der Waals surface area contributed by atoms with Crippen LogP contribution in [0.5, 0.6) is 0 Å². The minimum atomic E-state index is -4.55. The maximum atomic E-state index is 15.1. The Kier molecular flexibility index (Phi) is 5.17.